The lowest BCUT2D eigenvalue weighted by atomic mass is 10.0. The molecule has 5 nitrogen and oxygen atoms in total. The first-order valence-electron chi connectivity index (χ1n) is 6.40. The van der Waals surface area contributed by atoms with Crippen LogP contribution >= 0.6 is 23.2 Å². The molecule has 2 aromatic heterocycles. The summed E-state index contributed by atoms with van der Waals surface area (Å²) < 4.78 is 5.59. The van der Waals surface area contributed by atoms with Crippen molar-refractivity contribution in [2.75, 3.05) is 12.3 Å². The molecular weight excluding hydrogens is 311 g/mol. The van der Waals surface area contributed by atoms with E-state index in [0.29, 0.717) is 28.1 Å². The summed E-state index contributed by atoms with van der Waals surface area (Å²) in [6, 6.07) is 3.52. The molecule has 106 valence electrons. The van der Waals surface area contributed by atoms with Gasteiger partial charge >= 0.3 is 0 Å². The van der Waals surface area contributed by atoms with Gasteiger partial charge in [0.1, 0.15) is 11.4 Å². The molecule has 3 aromatic rings. The highest BCUT2D eigenvalue weighted by Gasteiger charge is 2.25. The van der Waals surface area contributed by atoms with Gasteiger partial charge in [-0.2, -0.15) is 0 Å². The molecule has 0 atom stereocenters. The number of anilines is 1. The molecule has 1 aromatic carbocycles. The molecule has 0 radical (unpaired) electrons. The van der Waals surface area contributed by atoms with Crippen LogP contribution in [0.3, 0.4) is 0 Å². The number of hydrogen-bond acceptors (Lipinski definition) is 4. The molecular formula is C14H10Cl2N4O. The minimum absolute atomic E-state index is 0.204. The van der Waals surface area contributed by atoms with Gasteiger partial charge in [-0.15, -0.1) is 0 Å². The van der Waals surface area contributed by atoms with E-state index in [0.717, 1.165) is 28.6 Å². The number of hydrogen-bond donors (Lipinski definition) is 2. The Kier molecular flexibility index (Phi) is 2.74. The quantitative estimate of drug-likeness (QED) is 0.720. The van der Waals surface area contributed by atoms with Gasteiger partial charge in [0.15, 0.2) is 0 Å². The Morgan fingerprint density at radius 1 is 1.24 bits per heavy atom. The number of rotatable bonds is 1. The fourth-order valence-corrected chi connectivity index (χ4v) is 3.35. The molecule has 0 spiro atoms. The Morgan fingerprint density at radius 3 is 2.95 bits per heavy atom. The van der Waals surface area contributed by atoms with Crippen LogP contribution in [0.1, 0.15) is 5.56 Å². The topological polar surface area (TPSA) is 76.8 Å². The molecule has 0 aliphatic carbocycles. The minimum atomic E-state index is 0.204. The smallest absolute Gasteiger partial charge is 0.221 e. The zero-order chi connectivity index (χ0) is 14.6. The zero-order valence-electron chi connectivity index (χ0n) is 10.8. The number of nitrogens with two attached hydrogens (primary N) is 1. The second kappa shape index (κ2) is 4.51. The summed E-state index contributed by atoms with van der Waals surface area (Å²) in [4.78, 5) is 11.7. The van der Waals surface area contributed by atoms with Gasteiger partial charge < -0.3 is 15.5 Å². The van der Waals surface area contributed by atoms with E-state index in [4.69, 9.17) is 33.7 Å². The number of halogens is 2. The summed E-state index contributed by atoms with van der Waals surface area (Å²) in [7, 11) is 0. The van der Waals surface area contributed by atoms with Crippen molar-refractivity contribution in [2.45, 2.75) is 6.42 Å². The third-order valence-electron chi connectivity index (χ3n) is 3.54. The number of fused-ring (bicyclic) bond motifs is 2. The highest BCUT2D eigenvalue weighted by molar-refractivity contribution is 6.37. The van der Waals surface area contributed by atoms with Crippen LogP contribution in [0, 0.1) is 0 Å². The molecule has 0 bridgehead atoms. The second-order valence-electron chi connectivity index (χ2n) is 4.79. The van der Waals surface area contributed by atoms with Crippen LogP contribution in [0.25, 0.3) is 22.3 Å². The summed E-state index contributed by atoms with van der Waals surface area (Å²) in [6.45, 7) is 0.580. The summed E-state index contributed by atoms with van der Waals surface area (Å²) in [5, 5.41) is 1.04. The van der Waals surface area contributed by atoms with E-state index in [-0.39, 0.29) is 5.95 Å². The minimum Gasteiger partial charge on any atom is -0.491 e. The molecule has 1 aliphatic heterocycles. The Labute approximate surface area is 130 Å². The SMILES string of the molecule is Nc1nc(-c2c(Cl)cc(Cl)c3c2CCO3)c2[nH]ccc2n1. The number of benzene rings is 1. The van der Waals surface area contributed by atoms with Crippen LogP contribution in [0.4, 0.5) is 5.95 Å². The first-order chi connectivity index (χ1) is 10.1. The Bertz CT molecular complexity index is 875. The number of aromatic amines is 1. The van der Waals surface area contributed by atoms with Crippen LogP contribution in [0.2, 0.25) is 10.0 Å². The van der Waals surface area contributed by atoms with Crippen LogP contribution < -0.4 is 10.5 Å². The maximum Gasteiger partial charge on any atom is 0.221 e. The summed E-state index contributed by atoms with van der Waals surface area (Å²) in [5.74, 6) is 0.878. The molecule has 0 saturated heterocycles. The highest BCUT2D eigenvalue weighted by atomic mass is 35.5. The largest absolute Gasteiger partial charge is 0.491 e. The van der Waals surface area contributed by atoms with E-state index in [2.05, 4.69) is 15.0 Å². The van der Waals surface area contributed by atoms with Gasteiger partial charge in [-0.25, -0.2) is 9.97 Å². The monoisotopic (exact) mass is 320 g/mol. The van der Waals surface area contributed by atoms with Crippen LogP contribution in [0.15, 0.2) is 18.3 Å². The summed E-state index contributed by atoms with van der Waals surface area (Å²) in [6.07, 6.45) is 2.53. The summed E-state index contributed by atoms with van der Waals surface area (Å²) >= 11 is 12.6. The van der Waals surface area contributed by atoms with E-state index < -0.39 is 0 Å². The molecule has 0 saturated carbocycles. The number of ether oxygens (including phenoxy) is 1. The van der Waals surface area contributed by atoms with Crippen LogP contribution in [-0.2, 0) is 6.42 Å². The van der Waals surface area contributed by atoms with Crippen molar-refractivity contribution in [3.8, 4) is 17.0 Å². The van der Waals surface area contributed by atoms with Crippen molar-refractivity contribution in [1.82, 2.24) is 15.0 Å². The van der Waals surface area contributed by atoms with Crippen molar-refractivity contribution in [2.24, 2.45) is 0 Å². The van der Waals surface area contributed by atoms with Crippen LogP contribution in [0.5, 0.6) is 5.75 Å². The van der Waals surface area contributed by atoms with Crippen molar-refractivity contribution in [1.29, 1.82) is 0 Å². The Hall–Kier alpha value is -1.98. The third-order valence-corrected chi connectivity index (χ3v) is 4.12. The number of aromatic nitrogens is 3. The number of nitrogens with zero attached hydrogens (tertiary/aromatic N) is 2. The maximum atomic E-state index is 6.41. The average molecular weight is 321 g/mol. The van der Waals surface area contributed by atoms with Gasteiger partial charge in [0.05, 0.1) is 27.7 Å². The standard InChI is InChI=1S/C14H10Cl2N4O/c15-7-5-8(16)13-6(2-4-21-13)10(7)12-11-9(1-3-18-11)19-14(17)20-12/h1,3,5,18H,2,4H2,(H2,17,19,20). The van der Waals surface area contributed by atoms with Crippen molar-refractivity contribution >= 4 is 40.2 Å². The summed E-state index contributed by atoms with van der Waals surface area (Å²) in [5.41, 5.74) is 9.78. The van der Waals surface area contributed by atoms with Gasteiger partial charge in [-0.3, -0.25) is 0 Å². The highest BCUT2D eigenvalue weighted by Crippen LogP contribution is 2.45. The maximum absolute atomic E-state index is 6.41. The molecule has 3 N–H and O–H groups in total. The number of H-pyrrole nitrogens is 1. The predicted octanol–water partition coefficient (Wildman–Crippen LogP) is 3.45. The van der Waals surface area contributed by atoms with Crippen molar-refractivity contribution in [3.05, 3.63) is 33.9 Å². The van der Waals surface area contributed by atoms with E-state index >= 15 is 0 Å². The van der Waals surface area contributed by atoms with E-state index in [1.807, 2.05) is 6.07 Å². The predicted molar refractivity (Wildman–Crippen MR) is 83.0 cm³/mol. The first kappa shape index (κ1) is 12.7. The third kappa shape index (κ3) is 1.85. The molecule has 0 amide bonds. The van der Waals surface area contributed by atoms with E-state index in [9.17, 15) is 0 Å². The second-order valence-corrected chi connectivity index (χ2v) is 5.60. The number of nitrogens with one attached hydrogen (secondary N) is 1. The molecule has 0 unspecified atom stereocenters. The van der Waals surface area contributed by atoms with E-state index in [1.54, 1.807) is 12.3 Å². The average Bonchev–Trinajstić information content (AvgIpc) is 3.06. The van der Waals surface area contributed by atoms with Crippen molar-refractivity contribution in [3.63, 3.8) is 0 Å². The fourth-order valence-electron chi connectivity index (χ4n) is 2.70. The lowest BCUT2D eigenvalue weighted by Crippen LogP contribution is -1.99. The van der Waals surface area contributed by atoms with Gasteiger partial charge in [0.25, 0.3) is 0 Å². The Balaban J connectivity index is 2.10. The molecule has 0 fully saturated rings. The fraction of sp³-hybridized carbons (Fsp3) is 0.143. The first-order valence-corrected chi connectivity index (χ1v) is 7.15. The molecule has 4 rings (SSSR count). The van der Waals surface area contributed by atoms with Crippen LogP contribution in [-0.4, -0.2) is 21.6 Å². The molecule has 7 heteroatoms. The molecule has 1 aliphatic rings. The normalized spacial score (nSPS) is 13.4. The number of nitrogen functional groups attached to an aromatic ring is 1. The van der Waals surface area contributed by atoms with Gasteiger partial charge in [-0.05, 0) is 12.1 Å². The zero-order valence-corrected chi connectivity index (χ0v) is 12.3. The lowest BCUT2D eigenvalue weighted by molar-refractivity contribution is 0.357. The Morgan fingerprint density at radius 2 is 2.10 bits per heavy atom. The lowest BCUT2D eigenvalue weighted by Gasteiger charge is -2.12. The van der Waals surface area contributed by atoms with Gasteiger partial charge in [0, 0.05) is 23.7 Å². The van der Waals surface area contributed by atoms with Crippen molar-refractivity contribution < 1.29 is 4.74 Å². The molecule has 3 heterocycles. The van der Waals surface area contributed by atoms with E-state index in [1.165, 1.54) is 0 Å². The molecule has 21 heavy (non-hydrogen) atoms. The van der Waals surface area contributed by atoms with Gasteiger partial charge in [0.2, 0.25) is 5.95 Å². The van der Waals surface area contributed by atoms with Gasteiger partial charge in [-0.1, -0.05) is 23.2 Å².